The van der Waals surface area contributed by atoms with E-state index in [-0.39, 0.29) is 4.99 Å². The van der Waals surface area contributed by atoms with Crippen LogP contribution in [0.25, 0.3) is 0 Å². The molecule has 1 aromatic heterocycles. The topological polar surface area (TPSA) is 58.3 Å². The van der Waals surface area contributed by atoms with Crippen LogP contribution in [0.1, 0.15) is 19.0 Å². The van der Waals surface area contributed by atoms with Gasteiger partial charge in [-0.05, 0) is 20.5 Å². The summed E-state index contributed by atoms with van der Waals surface area (Å²) in [5.74, 6) is 0.874. The molecule has 5 nitrogen and oxygen atoms in total. The molecular weight excluding hydrogens is 246 g/mol. The van der Waals surface area contributed by atoms with E-state index in [0.717, 1.165) is 31.9 Å². The summed E-state index contributed by atoms with van der Waals surface area (Å²) in [5, 5.41) is 0. The molecule has 1 aromatic rings. The molecule has 0 amide bonds. The summed E-state index contributed by atoms with van der Waals surface area (Å²) < 4.78 is 0. The maximum atomic E-state index is 5.51. The van der Waals surface area contributed by atoms with Crippen LogP contribution < -0.4 is 10.6 Å². The molecule has 100 valence electrons. The van der Waals surface area contributed by atoms with E-state index in [9.17, 15) is 0 Å². The molecule has 0 aliphatic rings. The zero-order valence-electron chi connectivity index (χ0n) is 11.3. The molecule has 0 aliphatic heterocycles. The first-order valence-corrected chi connectivity index (χ1v) is 6.47. The quantitative estimate of drug-likeness (QED) is 0.740. The van der Waals surface area contributed by atoms with Crippen molar-refractivity contribution in [2.75, 3.05) is 38.6 Å². The van der Waals surface area contributed by atoms with E-state index < -0.39 is 0 Å². The molecule has 0 spiro atoms. The second-order valence-electron chi connectivity index (χ2n) is 4.41. The van der Waals surface area contributed by atoms with Crippen molar-refractivity contribution in [2.24, 2.45) is 5.73 Å². The van der Waals surface area contributed by atoms with Gasteiger partial charge in [0.05, 0.1) is 12.4 Å². The van der Waals surface area contributed by atoms with E-state index in [1.807, 2.05) is 0 Å². The van der Waals surface area contributed by atoms with Gasteiger partial charge in [-0.25, -0.2) is 9.97 Å². The summed E-state index contributed by atoms with van der Waals surface area (Å²) in [4.78, 5) is 13.3. The van der Waals surface area contributed by atoms with Gasteiger partial charge in [0.15, 0.2) is 0 Å². The highest BCUT2D eigenvalue weighted by Gasteiger charge is 2.08. The second-order valence-corrected chi connectivity index (χ2v) is 4.85. The Morgan fingerprint density at radius 2 is 1.94 bits per heavy atom. The fraction of sp³-hybridized carbons (Fsp3) is 0.583. The van der Waals surface area contributed by atoms with Crippen LogP contribution in [0, 0.1) is 0 Å². The molecule has 1 heterocycles. The number of aromatic nitrogens is 2. The molecule has 0 bridgehead atoms. The Morgan fingerprint density at radius 3 is 2.39 bits per heavy atom. The summed E-state index contributed by atoms with van der Waals surface area (Å²) in [6.45, 7) is 5.04. The van der Waals surface area contributed by atoms with Gasteiger partial charge >= 0.3 is 0 Å². The predicted octanol–water partition coefficient (Wildman–Crippen LogP) is 0.889. The standard InChI is InChI=1S/C12H21N5S/c1-4-5-17(7-6-16(2)3)11-9-14-10(8-15-11)12(13)18/h8-9H,4-7H2,1-3H3,(H2,13,18). The zero-order chi connectivity index (χ0) is 13.5. The van der Waals surface area contributed by atoms with Crippen molar-refractivity contribution in [3.8, 4) is 0 Å². The normalized spacial score (nSPS) is 10.7. The number of thiocarbonyl (C=S) groups is 1. The van der Waals surface area contributed by atoms with Gasteiger partial charge in [0, 0.05) is 19.6 Å². The van der Waals surface area contributed by atoms with E-state index in [1.165, 1.54) is 0 Å². The van der Waals surface area contributed by atoms with Crippen molar-refractivity contribution in [1.82, 2.24) is 14.9 Å². The lowest BCUT2D eigenvalue weighted by molar-refractivity contribution is 0.412. The van der Waals surface area contributed by atoms with Gasteiger partial charge in [-0.2, -0.15) is 0 Å². The van der Waals surface area contributed by atoms with Crippen molar-refractivity contribution in [1.29, 1.82) is 0 Å². The minimum Gasteiger partial charge on any atom is -0.388 e. The molecule has 0 saturated carbocycles. The van der Waals surface area contributed by atoms with Crippen LogP contribution in [0.5, 0.6) is 0 Å². The van der Waals surface area contributed by atoms with Crippen molar-refractivity contribution in [3.05, 3.63) is 18.1 Å². The van der Waals surface area contributed by atoms with Gasteiger partial charge in [0.1, 0.15) is 16.5 Å². The van der Waals surface area contributed by atoms with Crippen LogP contribution in [0.3, 0.4) is 0 Å². The van der Waals surface area contributed by atoms with Crippen LogP contribution in [-0.4, -0.2) is 53.6 Å². The Bertz CT molecular complexity index is 377. The van der Waals surface area contributed by atoms with E-state index >= 15 is 0 Å². The number of nitrogens with two attached hydrogens (primary N) is 1. The molecule has 2 N–H and O–H groups in total. The van der Waals surface area contributed by atoms with Crippen LogP contribution in [0.15, 0.2) is 12.4 Å². The third-order valence-corrected chi connectivity index (χ3v) is 2.73. The fourth-order valence-electron chi connectivity index (χ4n) is 1.54. The summed E-state index contributed by atoms with van der Waals surface area (Å²) in [5.41, 5.74) is 6.07. The third-order valence-electron chi connectivity index (χ3n) is 2.53. The Labute approximate surface area is 114 Å². The number of likely N-dealkylation sites (N-methyl/N-ethyl adjacent to an activating group) is 1. The lowest BCUT2D eigenvalue weighted by Gasteiger charge is -2.24. The lowest BCUT2D eigenvalue weighted by atomic mass is 10.3. The van der Waals surface area contributed by atoms with Gasteiger partial charge in [0.2, 0.25) is 0 Å². The minimum atomic E-state index is 0.282. The van der Waals surface area contributed by atoms with Crippen LogP contribution in [-0.2, 0) is 0 Å². The highest BCUT2D eigenvalue weighted by Crippen LogP contribution is 2.09. The Morgan fingerprint density at radius 1 is 1.22 bits per heavy atom. The third kappa shape index (κ3) is 4.54. The molecular formula is C12H21N5S. The summed E-state index contributed by atoms with van der Waals surface area (Å²) in [7, 11) is 4.12. The van der Waals surface area contributed by atoms with Crippen molar-refractivity contribution >= 4 is 23.0 Å². The van der Waals surface area contributed by atoms with Gasteiger partial charge in [-0.3, -0.25) is 0 Å². The maximum Gasteiger partial charge on any atom is 0.147 e. The molecule has 0 radical (unpaired) electrons. The fourth-order valence-corrected chi connectivity index (χ4v) is 1.65. The van der Waals surface area contributed by atoms with E-state index in [1.54, 1.807) is 12.4 Å². The second kappa shape index (κ2) is 7.23. The number of hydrogen-bond donors (Lipinski definition) is 1. The monoisotopic (exact) mass is 267 g/mol. The highest BCUT2D eigenvalue weighted by atomic mass is 32.1. The summed E-state index contributed by atoms with van der Waals surface area (Å²) in [6, 6.07) is 0. The minimum absolute atomic E-state index is 0.282. The molecule has 0 atom stereocenters. The molecule has 6 heteroatoms. The largest absolute Gasteiger partial charge is 0.388 e. The molecule has 18 heavy (non-hydrogen) atoms. The number of nitrogens with zero attached hydrogens (tertiary/aromatic N) is 4. The number of anilines is 1. The van der Waals surface area contributed by atoms with E-state index in [2.05, 4.69) is 40.8 Å². The molecule has 0 unspecified atom stereocenters. The zero-order valence-corrected chi connectivity index (χ0v) is 12.1. The Balaban J connectivity index is 2.75. The van der Waals surface area contributed by atoms with Crippen molar-refractivity contribution < 1.29 is 0 Å². The molecule has 0 aromatic carbocycles. The number of hydrogen-bond acceptors (Lipinski definition) is 5. The van der Waals surface area contributed by atoms with Crippen LogP contribution in [0.2, 0.25) is 0 Å². The maximum absolute atomic E-state index is 5.51. The van der Waals surface area contributed by atoms with Gasteiger partial charge in [0.25, 0.3) is 0 Å². The smallest absolute Gasteiger partial charge is 0.147 e. The number of rotatable bonds is 7. The van der Waals surface area contributed by atoms with Crippen molar-refractivity contribution in [3.63, 3.8) is 0 Å². The van der Waals surface area contributed by atoms with Crippen LogP contribution in [0.4, 0.5) is 5.82 Å². The first-order valence-electron chi connectivity index (χ1n) is 6.06. The van der Waals surface area contributed by atoms with Gasteiger partial charge in [-0.1, -0.05) is 19.1 Å². The molecule has 0 saturated heterocycles. The Kier molecular flexibility index (Phi) is 5.94. The van der Waals surface area contributed by atoms with E-state index in [4.69, 9.17) is 18.0 Å². The molecule has 1 rings (SSSR count). The average molecular weight is 267 g/mol. The predicted molar refractivity (Wildman–Crippen MR) is 79.0 cm³/mol. The van der Waals surface area contributed by atoms with Crippen LogP contribution >= 0.6 is 12.2 Å². The van der Waals surface area contributed by atoms with Crippen molar-refractivity contribution in [2.45, 2.75) is 13.3 Å². The first kappa shape index (κ1) is 14.8. The SMILES string of the molecule is CCCN(CCN(C)C)c1cnc(C(N)=S)cn1. The first-order chi connectivity index (χ1) is 8.54. The average Bonchev–Trinajstić information content (AvgIpc) is 2.34. The lowest BCUT2D eigenvalue weighted by Crippen LogP contribution is -2.33. The summed E-state index contributed by atoms with van der Waals surface area (Å²) >= 11 is 4.86. The highest BCUT2D eigenvalue weighted by molar-refractivity contribution is 7.80. The summed E-state index contributed by atoms with van der Waals surface area (Å²) in [6.07, 6.45) is 4.45. The van der Waals surface area contributed by atoms with Gasteiger partial charge in [-0.15, -0.1) is 0 Å². The Hall–Kier alpha value is -1.27. The van der Waals surface area contributed by atoms with Gasteiger partial charge < -0.3 is 15.5 Å². The molecule has 0 aliphatic carbocycles. The van der Waals surface area contributed by atoms with E-state index in [0.29, 0.717) is 5.69 Å². The molecule has 0 fully saturated rings.